The van der Waals surface area contributed by atoms with E-state index in [9.17, 15) is 29.4 Å². The lowest BCUT2D eigenvalue weighted by atomic mass is 9.45. The van der Waals surface area contributed by atoms with E-state index in [1.54, 1.807) is 13.0 Å². The number of allylic oxidation sites excluding steroid dienone is 4. The summed E-state index contributed by atoms with van der Waals surface area (Å²) in [4.78, 5) is 59.5. The SMILES string of the molecule is C[C@]12C[C@H](O)C3(F)[C@@H](CCC4=CC(=O)C=C[C@@]43C)C1CCC2C(=O)COC(=O)C(CO)NC(=O)CCCC(CON(O)O)ON(O)O. The first kappa shape index (κ1) is 37.1. The van der Waals surface area contributed by atoms with Crippen molar-refractivity contribution in [3.8, 4) is 0 Å². The number of rotatable bonds is 15. The third-order valence-corrected chi connectivity index (χ3v) is 10.7. The fourth-order valence-electron chi connectivity index (χ4n) is 8.47. The molecule has 5 unspecified atom stereocenters. The van der Waals surface area contributed by atoms with Gasteiger partial charge in [0.25, 0.3) is 0 Å². The highest BCUT2D eigenvalue weighted by molar-refractivity contribution is 6.01. The van der Waals surface area contributed by atoms with Gasteiger partial charge in [0.05, 0.1) is 23.5 Å². The van der Waals surface area contributed by atoms with Crippen LogP contribution in [-0.2, 0) is 33.6 Å². The molecule has 0 aromatic carbocycles. The molecule has 17 heteroatoms. The normalized spacial score (nSPS) is 34.3. The number of aliphatic hydroxyl groups is 2. The minimum absolute atomic E-state index is 0.0138. The zero-order valence-electron chi connectivity index (χ0n) is 26.3. The van der Waals surface area contributed by atoms with Gasteiger partial charge in [-0.1, -0.05) is 18.6 Å². The van der Waals surface area contributed by atoms with Crippen molar-refractivity contribution < 1.29 is 69.0 Å². The number of carbonyl (C=O) groups is 4. The van der Waals surface area contributed by atoms with Crippen molar-refractivity contribution in [1.82, 2.24) is 16.1 Å². The quantitative estimate of drug-likeness (QED) is 0.0953. The Morgan fingerprint density at radius 2 is 1.83 bits per heavy atom. The average Bonchev–Trinajstić information content (AvgIpc) is 3.34. The lowest BCUT2D eigenvalue weighted by Crippen LogP contribution is -2.66. The number of nitrogens with zero attached hydrogens (tertiary/aromatic N) is 2. The van der Waals surface area contributed by atoms with E-state index in [0.717, 1.165) is 0 Å². The molecule has 16 nitrogen and oxygen atoms in total. The number of hydrogen-bond acceptors (Lipinski definition) is 15. The summed E-state index contributed by atoms with van der Waals surface area (Å²) in [6, 6.07) is -1.48. The third-order valence-electron chi connectivity index (χ3n) is 10.7. The van der Waals surface area contributed by atoms with Gasteiger partial charge in [-0.3, -0.25) is 35.2 Å². The molecular weight excluding hydrogens is 629 g/mol. The minimum atomic E-state index is -2.02. The highest BCUT2D eigenvalue weighted by Gasteiger charge is 2.70. The van der Waals surface area contributed by atoms with E-state index < -0.39 is 94.8 Å². The van der Waals surface area contributed by atoms with Gasteiger partial charge in [-0.2, -0.15) is 0 Å². The van der Waals surface area contributed by atoms with Crippen molar-refractivity contribution in [1.29, 1.82) is 0 Å². The highest BCUT2D eigenvalue weighted by Crippen LogP contribution is 2.68. The van der Waals surface area contributed by atoms with Gasteiger partial charge in [0.15, 0.2) is 23.3 Å². The Labute approximate surface area is 270 Å². The summed E-state index contributed by atoms with van der Waals surface area (Å²) in [5.41, 5.74) is -3.26. The van der Waals surface area contributed by atoms with E-state index in [4.69, 9.17) is 25.6 Å². The van der Waals surface area contributed by atoms with E-state index in [1.807, 2.05) is 6.92 Å². The Morgan fingerprint density at radius 1 is 1.11 bits per heavy atom. The molecule has 0 bridgehead atoms. The maximum absolute atomic E-state index is 17.2. The molecule has 0 saturated heterocycles. The number of amides is 1. The van der Waals surface area contributed by atoms with E-state index in [1.165, 1.54) is 12.2 Å². The monoisotopic (exact) mass is 673 g/mol. The fraction of sp³-hybridized carbons (Fsp3) is 0.733. The molecule has 1 amide bonds. The maximum atomic E-state index is 17.2. The number of hydrogen-bond donors (Lipinski definition) is 7. The number of ether oxygens (including phenoxy) is 1. The van der Waals surface area contributed by atoms with Gasteiger partial charge in [-0.05, 0) is 75.4 Å². The molecule has 47 heavy (non-hydrogen) atoms. The van der Waals surface area contributed by atoms with Crippen LogP contribution in [-0.4, -0.2) is 109 Å². The lowest BCUT2D eigenvalue weighted by Gasteiger charge is -2.62. The van der Waals surface area contributed by atoms with Crippen molar-refractivity contribution in [2.75, 3.05) is 19.8 Å². The van der Waals surface area contributed by atoms with E-state index in [2.05, 4.69) is 15.0 Å². The summed E-state index contributed by atoms with van der Waals surface area (Å²) in [5, 5.41) is 57.0. The predicted molar refractivity (Wildman–Crippen MR) is 152 cm³/mol. The summed E-state index contributed by atoms with van der Waals surface area (Å²) in [6.45, 7) is 1.60. The van der Waals surface area contributed by atoms with Gasteiger partial charge in [0, 0.05) is 23.7 Å². The number of fused-ring (bicyclic) bond motifs is 5. The molecule has 264 valence electrons. The molecule has 4 rings (SSSR count). The zero-order chi connectivity index (χ0) is 34.7. The number of esters is 1. The molecule has 3 saturated carbocycles. The van der Waals surface area contributed by atoms with Crippen LogP contribution in [0.15, 0.2) is 23.8 Å². The largest absolute Gasteiger partial charge is 0.456 e. The Hall–Kier alpha value is -2.71. The summed E-state index contributed by atoms with van der Waals surface area (Å²) < 4.78 is 22.4. The molecular formula is C30H44FN3O13. The van der Waals surface area contributed by atoms with Crippen molar-refractivity contribution in [3.05, 3.63) is 23.8 Å². The van der Waals surface area contributed by atoms with Crippen LogP contribution in [0.3, 0.4) is 0 Å². The molecule has 3 fully saturated rings. The Kier molecular flexibility index (Phi) is 11.7. The van der Waals surface area contributed by atoms with Crippen molar-refractivity contribution in [3.63, 3.8) is 0 Å². The maximum Gasteiger partial charge on any atom is 0.331 e. The first-order valence-electron chi connectivity index (χ1n) is 15.6. The fourth-order valence-corrected chi connectivity index (χ4v) is 8.47. The highest BCUT2D eigenvalue weighted by atomic mass is 19.1. The van der Waals surface area contributed by atoms with Crippen LogP contribution in [0.4, 0.5) is 4.39 Å². The van der Waals surface area contributed by atoms with E-state index in [0.29, 0.717) is 31.3 Å². The average molecular weight is 674 g/mol. The smallest absolute Gasteiger partial charge is 0.331 e. The van der Waals surface area contributed by atoms with Crippen LogP contribution in [0.25, 0.3) is 0 Å². The number of aliphatic hydroxyl groups excluding tert-OH is 2. The van der Waals surface area contributed by atoms with Crippen molar-refractivity contribution in [2.24, 2.45) is 28.6 Å². The molecule has 0 heterocycles. The Balaban J connectivity index is 1.31. The molecule has 7 N–H and O–H groups in total. The number of Topliss-reactive ketones (excluding diaryl/α,β-unsaturated/α-hetero) is 1. The Morgan fingerprint density at radius 3 is 2.49 bits per heavy atom. The van der Waals surface area contributed by atoms with Crippen LogP contribution in [0.2, 0.25) is 0 Å². The molecule has 0 spiro atoms. The summed E-state index contributed by atoms with van der Waals surface area (Å²) in [5.74, 6) is -3.74. The number of ketones is 2. The molecule has 4 aliphatic carbocycles. The minimum Gasteiger partial charge on any atom is -0.456 e. The number of nitrogens with one attached hydrogen (secondary N) is 1. The van der Waals surface area contributed by atoms with Crippen molar-refractivity contribution >= 4 is 23.4 Å². The summed E-state index contributed by atoms with van der Waals surface area (Å²) >= 11 is 0. The topological polar surface area (TPSA) is 236 Å². The van der Waals surface area contributed by atoms with Crippen LogP contribution >= 0.6 is 0 Å². The van der Waals surface area contributed by atoms with Crippen LogP contribution in [0, 0.1) is 28.6 Å². The first-order chi connectivity index (χ1) is 22.1. The second-order valence-corrected chi connectivity index (χ2v) is 13.3. The van der Waals surface area contributed by atoms with Gasteiger partial charge in [-0.25, -0.2) is 18.9 Å². The number of carbonyl (C=O) groups excluding carboxylic acids is 4. The predicted octanol–water partition coefficient (Wildman–Crippen LogP) is 1.13. The van der Waals surface area contributed by atoms with Gasteiger partial charge in [0.1, 0.15) is 19.3 Å². The Bertz CT molecular complexity index is 1260. The van der Waals surface area contributed by atoms with E-state index >= 15 is 4.39 Å². The standard InChI is InChI=1S/C30H44FN3O13/c1-28-13-25(38)30(31)21(7-6-17-12-18(36)10-11-29(17,30)2)20(28)8-9-22(28)24(37)16-45-27(40)23(14-35)32-26(39)5-3-4-19(47-34(43)44)15-46-33(41)42/h10-12,19-23,25,35,38,41-44H,3-9,13-16H2,1-2H3,(H,32,39)/t19?,20?,21-,22?,23?,25-,28-,29-,30?/m0/s1. The van der Waals surface area contributed by atoms with E-state index in [-0.39, 0.29) is 37.4 Å². The van der Waals surface area contributed by atoms with Gasteiger partial charge in [0.2, 0.25) is 5.91 Å². The third kappa shape index (κ3) is 7.49. The van der Waals surface area contributed by atoms with Gasteiger partial charge < -0.3 is 20.3 Å². The zero-order valence-corrected chi connectivity index (χ0v) is 26.3. The van der Waals surface area contributed by atoms with Crippen LogP contribution in [0.1, 0.15) is 65.2 Å². The molecule has 0 aromatic rings. The lowest BCUT2D eigenvalue weighted by molar-refractivity contribution is -0.527. The molecule has 0 aromatic heterocycles. The van der Waals surface area contributed by atoms with Crippen LogP contribution in [0.5, 0.6) is 0 Å². The number of alkyl halides is 1. The molecule has 9 atom stereocenters. The van der Waals surface area contributed by atoms with Crippen molar-refractivity contribution in [2.45, 2.75) is 89.1 Å². The summed E-state index contributed by atoms with van der Waals surface area (Å²) in [7, 11) is 0. The molecule has 4 aliphatic rings. The molecule has 0 radical (unpaired) electrons. The van der Waals surface area contributed by atoms with Gasteiger partial charge in [-0.15, -0.1) is 0 Å². The second-order valence-electron chi connectivity index (χ2n) is 13.3. The second kappa shape index (κ2) is 14.8. The van der Waals surface area contributed by atoms with Gasteiger partial charge >= 0.3 is 5.97 Å². The number of halogens is 1. The first-order valence-corrected chi connectivity index (χ1v) is 15.6. The molecule has 0 aliphatic heterocycles. The van der Waals surface area contributed by atoms with Crippen LogP contribution < -0.4 is 5.32 Å². The summed E-state index contributed by atoms with van der Waals surface area (Å²) in [6.07, 6.45) is 3.58.